The third-order valence-corrected chi connectivity index (χ3v) is 2.85. The first-order chi connectivity index (χ1) is 5.17. The van der Waals surface area contributed by atoms with E-state index in [0.29, 0.717) is 5.41 Å². The fourth-order valence-corrected chi connectivity index (χ4v) is 1.65. The van der Waals surface area contributed by atoms with Crippen molar-refractivity contribution in [2.24, 2.45) is 17.1 Å². The lowest BCUT2D eigenvalue weighted by Gasteiger charge is -2.35. The Kier molecular flexibility index (Phi) is 5.14. The van der Waals surface area contributed by atoms with Crippen LogP contribution in [-0.4, -0.2) is 19.8 Å². The Bertz CT molecular complexity index is 122. The second kappa shape index (κ2) is 5.05. The van der Waals surface area contributed by atoms with Crippen LogP contribution >= 0.6 is 12.4 Å². The second-order valence-corrected chi connectivity index (χ2v) is 4.08. The molecule has 1 fully saturated rings. The molecule has 0 aliphatic carbocycles. The highest BCUT2D eigenvalue weighted by molar-refractivity contribution is 5.85. The Hall–Kier alpha value is 0.210. The zero-order valence-electron chi connectivity index (χ0n) is 8.01. The number of hydrogen-bond acceptors (Lipinski definition) is 2. The van der Waals surface area contributed by atoms with Gasteiger partial charge in [0.1, 0.15) is 0 Å². The van der Waals surface area contributed by atoms with Crippen LogP contribution < -0.4 is 5.73 Å². The highest BCUT2D eigenvalue weighted by Crippen LogP contribution is 2.32. The molecule has 0 unspecified atom stereocenters. The van der Waals surface area contributed by atoms with Crippen LogP contribution in [0.5, 0.6) is 0 Å². The standard InChI is InChI=1S/C9H19NO.ClH/c1-9(2,7-10)8-3-5-11-6-4-8;/h8H,3-7,10H2,1-2H3;1H. The van der Waals surface area contributed by atoms with Crippen molar-refractivity contribution in [1.29, 1.82) is 0 Å². The van der Waals surface area contributed by atoms with Crippen molar-refractivity contribution in [3.63, 3.8) is 0 Å². The van der Waals surface area contributed by atoms with Gasteiger partial charge in [-0.15, -0.1) is 12.4 Å². The van der Waals surface area contributed by atoms with Crippen LogP contribution in [0.4, 0.5) is 0 Å². The van der Waals surface area contributed by atoms with E-state index in [9.17, 15) is 0 Å². The van der Waals surface area contributed by atoms with Crippen molar-refractivity contribution in [1.82, 2.24) is 0 Å². The van der Waals surface area contributed by atoms with E-state index in [4.69, 9.17) is 10.5 Å². The first-order valence-corrected chi connectivity index (χ1v) is 4.44. The van der Waals surface area contributed by atoms with Crippen molar-refractivity contribution in [3.8, 4) is 0 Å². The summed E-state index contributed by atoms with van der Waals surface area (Å²) in [4.78, 5) is 0. The van der Waals surface area contributed by atoms with Gasteiger partial charge in [0.05, 0.1) is 0 Å². The minimum Gasteiger partial charge on any atom is -0.381 e. The van der Waals surface area contributed by atoms with Gasteiger partial charge in [0.25, 0.3) is 0 Å². The van der Waals surface area contributed by atoms with Gasteiger partial charge in [-0.1, -0.05) is 13.8 Å². The Labute approximate surface area is 81.3 Å². The van der Waals surface area contributed by atoms with Crippen molar-refractivity contribution < 1.29 is 4.74 Å². The Balaban J connectivity index is 0.00000121. The van der Waals surface area contributed by atoms with E-state index < -0.39 is 0 Å². The molecule has 2 nitrogen and oxygen atoms in total. The molecule has 74 valence electrons. The number of ether oxygens (including phenoxy) is 1. The van der Waals surface area contributed by atoms with Crippen LogP contribution in [0.2, 0.25) is 0 Å². The zero-order valence-corrected chi connectivity index (χ0v) is 8.82. The fraction of sp³-hybridized carbons (Fsp3) is 1.00. The molecule has 0 aromatic rings. The molecule has 1 aliphatic rings. The van der Waals surface area contributed by atoms with Gasteiger partial charge in [0.2, 0.25) is 0 Å². The minimum atomic E-state index is 0. The molecule has 1 heterocycles. The number of hydrogen-bond donors (Lipinski definition) is 1. The van der Waals surface area contributed by atoms with Crippen LogP contribution in [0.15, 0.2) is 0 Å². The summed E-state index contributed by atoms with van der Waals surface area (Å²) in [5.74, 6) is 0.765. The van der Waals surface area contributed by atoms with Gasteiger partial charge in [-0.2, -0.15) is 0 Å². The molecule has 0 spiro atoms. The van der Waals surface area contributed by atoms with Gasteiger partial charge in [0.15, 0.2) is 0 Å². The van der Waals surface area contributed by atoms with Crippen LogP contribution in [0.1, 0.15) is 26.7 Å². The minimum absolute atomic E-state index is 0. The van der Waals surface area contributed by atoms with Crippen LogP contribution in [0.3, 0.4) is 0 Å². The van der Waals surface area contributed by atoms with E-state index in [1.165, 1.54) is 12.8 Å². The van der Waals surface area contributed by atoms with Gasteiger partial charge in [-0.3, -0.25) is 0 Å². The fourth-order valence-electron chi connectivity index (χ4n) is 1.65. The molecule has 0 saturated carbocycles. The van der Waals surface area contributed by atoms with Crippen LogP contribution in [0.25, 0.3) is 0 Å². The molecule has 0 amide bonds. The van der Waals surface area contributed by atoms with Gasteiger partial charge in [0, 0.05) is 13.2 Å². The maximum atomic E-state index is 5.70. The molecule has 12 heavy (non-hydrogen) atoms. The summed E-state index contributed by atoms with van der Waals surface area (Å²) in [7, 11) is 0. The molecule has 0 aromatic heterocycles. The molecule has 0 atom stereocenters. The maximum absolute atomic E-state index is 5.70. The summed E-state index contributed by atoms with van der Waals surface area (Å²) in [6.07, 6.45) is 2.37. The smallest absolute Gasteiger partial charge is 0.0468 e. The highest BCUT2D eigenvalue weighted by Gasteiger charge is 2.29. The maximum Gasteiger partial charge on any atom is 0.0468 e. The van der Waals surface area contributed by atoms with Gasteiger partial charge >= 0.3 is 0 Å². The zero-order chi connectivity index (χ0) is 8.32. The SMILES string of the molecule is CC(C)(CN)C1CCOCC1.Cl. The molecular weight excluding hydrogens is 174 g/mol. The molecule has 3 heteroatoms. The Morgan fingerprint density at radius 2 is 1.83 bits per heavy atom. The van der Waals surface area contributed by atoms with Crippen molar-refractivity contribution in [2.45, 2.75) is 26.7 Å². The van der Waals surface area contributed by atoms with Gasteiger partial charge < -0.3 is 10.5 Å². The number of halogens is 1. The van der Waals surface area contributed by atoms with E-state index in [0.717, 1.165) is 25.7 Å². The molecule has 0 radical (unpaired) electrons. The van der Waals surface area contributed by atoms with Gasteiger partial charge in [-0.25, -0.2) is 0 Å². The predicted octanol–water partition coefficient (Wildman–Crippen LogP) is 1.82. The first-order valence-electron chi connectivity index (χ1n) is 4.44. The summed E-state index contributed by atoms with van der Waals surface area (Å²) in [5.41, 5.74) is 6.01. The molecule has 0 bridgehead atoms. The van der Waals surface area contributed by atoms with Crippen molar-refractivity contribution >= 4 is 12.4 Å². The normalized spacial score (nSPS) is 20.2. The highest BCUT2D eigenvalue weighted by atomic mass is 35.5. The largest absolute Gasteiger partial charge is 0.381 e. The Morgan fingerprint density at radius 3 is 2.25 bits per heavy atom. The quantitative estimate of drug-likeness (QED) is 0.726. The average molecular weight is 194 g/mol. The summed E-state index contributed by atoms with van der Waals surface area (Å²) in [6.45, 7) is 7.14. The first kappa shape index (κ1) is 12.2. The molecular formula is C9H20ClNO. The topological polar surface area (TPSA) is 35.2 Å². The number of rotatable bonds is 2. The average Bonchev–Trinajstić information content (AvgIpc) is 2.06. The lowest BCUT2D eigenvalue weighted by atomic mass is 9.75. The summed E-state index contributed by atoms with van der Waals surface area (Å²) in [5, 5.41) is 0. The third kappa shape index (κ3) is 2.92. The van der Waals surface area contributed by atoms with E-state index in [1.807, 2.05) is 0 Å². The lowest BCUT2D eigenvalue weighted by Crippen LogP contribution is -2.35. The van der Waals surface area contributed by atoms with E-state index >= 15 is 0 Å². The van der Waals surface area contributed by atoms with E-state index in [-0.39, 0.29) is 12.4 Å². The lowest BCUT2D eigenvalue weighted by molar-refractivity contribution is 0.0256. The molecule has 1 saturated heterocycles. The third-order valence-electron chi connectivity index (χ3n) is 2.85. The monoisotopic (exact) mass is 193 g/mol. The van der Waals surface area contributed by atoms with Crippen molar-refractivity contribution in [3.05, 3.63) is 0 Å². The molecule has 0 aromatic carbocycles. The second-order valence-electron chi connectivity index (χ2n) is 4.08. The van der Waals surface area contributed by atoms with E-state index in [1.54, 1.807) is 0 Å². The van der Waals surface area contributed by atoms with E-state index in [2.05, 4.69) is 13.8 Å². The van der Waals surface area contributed by atoms with Crippen LogP contribution in [0, 0.1) is 11.3 Å². The van der Waals surface area contributed by atoms with Crippen LogP contribution in [-0.2, 0) is 4.74 Å². The molecule has 1 aliphatic heterocycles. The summed E-state index contributed by atoms with van der Waals surface area (Å²) < 4.78 is 5.30. The summed E-state index contributed by atoms with van der Waals surface area (Å²) >= 11 is 0. The molecule has 2 N–H and O–H groups in total. The summed E-state index contributed by atoms with van der Waals surface area (Å²) in [6, 6.07) is 0. The molecule has 1 rings (SSSR count). The van der Waals surface area contributed by atoms with Gasteiger partial charge in [-0.05, 0) is 30.7 Å². The predicted molar refractivity (Wildman–Crippen MR) is 53.6 cm³/mol. The Morgan fingerprint density at radius 1 is 1.33 bits per heavy atom. The van der Waals surface area contributed by atoms with Crippen molar-refractivity contribution in [2.75, 3.05) is 19.8 Å². The number of nitrogens with two attached hydrogens (primary N) is 1.